The van der Waals surface area contributed by atoms with Crippen molar-refractivity contribution in [1.29, 1.82) is 0 Å². The third-order valence-corrected chi connectivity index (χ3v) is 9.04. The van der Waals surface area contributed by atoms with Crippen molar-refractivity contribution in [3.05, 3.63) is 169 Å². The molecule has 0 N–H and O–H groups in total. The first-order valence-corrected chi connectivity index (χ1v) is 17.7. The number of benzene rings is 6. The van der Waals surface area contributed by atoms with Gasteiger partial charge in [-0.2, -0.15) is 0 Å². The zero-order valence-electron chi connectivity index (χ0n) is 29.7. The number of fused-ring (bicyclic) bond motifs is 5. The van der Waals surface area contributed by atoms with Crippen molar-refractivity contribution in [1.82, 2.24) is 9.97 Å². The monoisotopic (exact) mass is 839 g/mol. The first-order valence-electron chi connectivity index (χ1n) is 17.7. The van der Waals surface area contributed by atoms with Crippen LogP contribution >= 0.6 is 0 Å². The standard InChI is InChI=1S/C31H30N.C17H12N.Ir/c1-20(2)15-22-17-23(16-21(3)4)19-25(18-22)31-30-12-11-27-26-8-6-5-7-24(26)9-10-28(27)29(30)13-14-32-31;1-3-7-14(8-4-1)16-11-12-17(18-13-16)15-9-5-2-6-10-15;/h5-14,17-18,20-21H,15-16H2,1-4H3;1-9,11-13H;/q2*-1;. The Morgan fingerprint density at radius 3 is 2.00 bits per heavy atom. The molecule has 2 aromatic heterocycles. The fourth-order valence-electron chi connectivity index (χ4n) is 6.84. The van der Waals surface area contributed by atoms with Crippen molar-refractivity contribution < 1.29 is 20.1 Å². The molecule has 2 heterocycles. The van der Waals surface area contributed by atoms with Crippen molar-refractivity contribution in [2.24, 2.45) is 11.8 Å². The average Bonchev–Trinajstić information content (AvgIpc) is 3.14. The number of aromatic nitrogens is 2. The van der Waals surface area contributed by atoms with Crippen LogP contribution in [0, 0.1) is 24.0 Å². The minimum atomic E-state index is 0. The van der Waals surface area contributed by atoms with Crippen LogP contribution in [-0.4, -0.2) is 9.97 Å². The van der Waals surface area contributed by atoms with Crippen LogP contribution in [0.1, 0.15) is 38.8 Å². The summed E-state index contributed by atoms with van der Waals surface area (Å²) in [6.45, 7) is 9.11. The van der Waals surface area contributed by atoms with Crippen molar-refractivity contribution in [2.75, 3.05) is 0 Å². The zero-order valence-corrected chi connectivity index (χ0v) is 32.0. The maximum atomic E-state index is 4.86. The summed E-state index contributed by atoms with van der Waals surface area (Å²) in [5.74, 6) is 1.22. The third-order valence-electron chi connectivity index (χ3n) is 9.04. The summed E-state index contributed by atoms with van der Waals surface area (Å²) < 4.78 is 0. The first-order chi connectivity index (χ1) is 24.4. The molecule has 6 aromatic carbocycles. The molecule has 0 spiro atoms. The molecule has 0 aliphatic carbocycles. The molecule has 3 heteroatoms. The molecule has 2 nitrogen and oxygen atoms in total. The van der Waals surface area contributed by atoms with Gasteiger partial charge >= 0.3 is 0 Å². The first kappa shape index (κ1) is 35.9. The van der Waals surface area contributed by atoms with Crippen LogP contribution in [0.25, 0.3) is 66.0 Å². The zero-order chi connectivity index (χ0) is 34.5. The molecule has 0 unspecified atom stereocenters. The molecule has 0 aliphatic heterocycles. The molecule has 51 heavy (non-hydrogen) atoms. The van der Waals surface area contributed by atoms with Gasteiger partial charge in [0.15, 0.2) is 0 Å². The Bertz CT molecular complexity index is 2280. The number of hydrogen-bond acceptors (Lipinski definition) is 2. The fourth-order valence-corrected chi connectivity index (χ4v) is 6.84. The Kier molecular flexibility index (Phi) is 11.5. The summed E-state index contributed by atoms with van der Waals surface area (Å²) in [4.78, 5) is 9.35. The Balaban J connectivity index is 0.000000200. The van der Waals surface area contributed by atoms with E-state index in [9.17, 15) is 0 Å². The minimum absolute atomic E-state index is 0. The number of rotatable bonds is 7. The Morgan fingerprint density at radius 1 is 0.549 bits per heavy atom. The van der Waals surface area contributed by atoms with E-state index in [2.05, 4.69) is 130 Å². The van der Waals surface area contributed by atoms with Gasteiger partial charge in [0.1, 0.15) is 0 Å². The maximum absolute atomic E-state index is 4.86. The largest absolute Gasteiger partial charge is 0.304 e. The third kappa shape index (κ3) is 8.34. The number of pyridine rings is 2. The topological polar surface area (TPSA) is 25.8 Å². The Labute approximate surface area is 316 Å². The molecule has 0 amide bonds. The van der Waals surface area contributed by atoms with E-state index in [1.165, 1.54) is 49.0 Å². The van der Waals surface area contributed by atoms with E-state index in [4.69, 9.17) is 4.98 Å². The summed E-state index contributed by atoms with van der Waals surface area (Å²) in [7, 11) is 0. The molecular formula is C48H42IrN2-2. The van der Waals surface area contributed by atoms with Crippen LogP contribution in [0.3, 0.4) is 0 Å². The van der Waals surface area contributed by atoms with Crippen molar-refractivity contribution in [2.45, 2.75) is 40.5 Å². The molecule has 0 saturated heterocycles. The van der Waals surface area contributed by atoms with Crippen LogP contribution in [0.2, 0.25) is 0 Å². The summed E-state index contributed by atoms with van der Waals surface area (Å²) in [5.41, 5.74) is 9.13. The number of hydrogen-bond donors (Lipinski definition) is 0. The SMILES string of the molecule is CC(C)Cc1[c-]c(-c2nccc3c2ccc2c4ccccc4ccc32)cc(CC(C)C)c1.[Ir].[c-]1ccccc1-c1ccc(-c2ccccc2)cn1. The maximum Gasteiger partial charge on any atom is 0.0239 e. The minimum Gasteiger partial charge on any atom is -0.304 e. The van der Waals surface area contributed by atoms with Gasteiger partial charge in [-0.15, -0.1) is 70.8 Å². The van der Waals surface area contributed by atoms with Gasteiger partial charge < -0.3 is 9.97 Å². The predicted molar refractivity (Wildman–Crippen MR) is 212 cm³/mol. The van der Waals surface area contributed by atoms with E-state index in [0.29, 0.717) is 11.8 Å². The molecule has 8 aromatic rings. The summed E-state index contributed by atoms with van der Waals surface area (Å²) in [6.07, 6.45) is 5.98. The van der Waals surface area contributed by atoms with Gasteiger partial charge in [0.2, 0.25) is 0 Å². The summed E-state index contributed by atoms with van der Waals surface area (Å²) in [6, 6.07) is 53.6. The molecule has 0 saturated carbocycles. The van der Waals surface area contributed by atoms with Crippen LogP contribution in [0.4, 0.5) is 0 Å². The molecule has 8 rings (SSSR count). The molecular weight excluding hydrogens is 797 g/mol. The van der Waals surface area contributed by atoms with Gasteiger partial charge in [-0.25, -0.2) is 0 Å². The Morgan fingerprint density at radius 2 is 1.25 bits per heavy atom. The number of nitrogens with zero attached hydrogens (tertiary/aromatic N) is 2. The van der Waals surface area contributed by atoms with Gasteiger partial charge in [-0.3, -0.25) is 0 Å². The Hall–Kier alpha value is -4.95. The van der Waals surface area contributed by atoms with E-state index < -0.39 is 0 Å². The van der Waals surface area contributed by atoms with Gasteiger partial charge in [-0.1, -0.05) is 119 Å². The molecule has 0 bridgehead atoms. The van der Waals surface area contributed by atoms with Crippen molar-refractivity contribution in [3.8, 4) is 33.6 Å². The molecule has 1 radical (unpaired) electrons. The van der Waals surface area contributed by atoms with Gasteiger partial charge in [0.25, 0.3) is 0 Å². The van der Waals surface area contributed by atoms with Crippen LogP contribution in [-0.2, 0) is 32.9 Å². The summed E-state index contributed by atoms with van der Waals surface area (Å²) >= 11 is 0. The van der Waals surface area contributed by atoms with E-state index in [0.717, 1.165) is 40.9 Å². The van der Waals surface area contributed by atoms with E-state index in [1.54, 1.807) is 0 Å². The van der Waals surface area contributed by atoms with Crippen molar-refractivity contribution in [3.63, 3.8) is 0 Å². The fraction of sp³-hybridized carbons (Fsp3) is 0.167. The second-order valence-electron chi connectivity index (χ2n) is 13.9. The molecule has 255 valence electrons. The van der Waals surface area contributed by atoms with E-state index in [1.807, 2.05) is 60.9 Å². The quantitative estimate of drug-likeness (QED) is 0.118. The van der Waals surface area contributed by atoms with Gasteiger partial charge in [0, 0.05) is 32.5 Å². The average molecular weight is 839 g/mol. The van der Waals surface area contributed by atoms with Crippen LogP contribution in [0.5, 0.6) is 0 Å². The van der Waals surface area contributed by atoms with Gasteiger partial charge in [-0.05, 0) is 85.6 Å². The molecule has 0 aliphatic rings. The second kappa shape index (κ2) is 16.4. The smallest absolute Gasteiger partial charge is 0.0239 e. The van der Waals surface area contributed by atoms with Gasteiger partial charge in [0.05, 0.1) is 0 Å². The molecule has 0 atom stereocenters. The van der Waals surface area contributed by atoms with Crippen molar-refractivity contribution >= 4 is 32.3 Å². The predicted octanol–water partition coefficient (Wildman–Crippen LogP) is 12.6. The van der Waals surface area contributed by atoms with Crippen LogP contribution < -0.4 is 0 Å². The van der Waals surface area contributed by atoms with E-state index >= 15 is 0 Å². The molecule has 0 fully saturated rings. The second-order valence-corrected chi connectivity index (χ2v) is 13.9. The van der Waals surface area contributed by atoms with Crippen LogP contribution in [0.15, 0.2) is 146 Å². The van der Waals surface area contributed by atoms with E-state index in [-0.39, 0.29) is 20.1 Å². The summed E-state index contributed by atoms with van der Waals surface area (Å²) in [5, 5.41) is 7.61. The normalized spacial score (nSPS) is 11.1.